The number of quaternary nitrogens is 1. The summed E-state index contributed by atoms with van der Waals surface area (Å²) < 4.78 is 0.758. The van der Waals surface area contributed by atoms with Crippen molar-refractivity contribution in [3.63, 3.8) is 0 Å². The second-order valence-electron chi connectivity index (χ2n) is 10.4. The highest BCUT2D eigenvalue weighted by atomic mass is 35.5. The van der Waals surface area contributed by atoms with Crippen LogP contribution in [-0.4, -0.2) is 18.1 Å². The molecule has 4 heteroatoms. The molecule has 198 valence electrons. The predicted molar refractivity (Wildman–Crippen MR) is 164 cm³/mol. The van der Waals surface area contributed by atoms with Crippen molar-refractivity contribution in [2.75, 3.05) is 13.6 Å². The molecule has 0 fully saturated rings. The van der Waals surface area contributed by atoms with Crippen LogP contribution in [0.4, 0.5) is 0 Å². The van der Waals surface area contributed by atoms with Crippen molar-refractivity contribution in [1.29, 1.82) is 0 Å². The zero-order valence-electron chi connectivity index (χ0n) is 22.3. The Morgan fingerprint density at radius 3 is 1.39 bits per heavy atom. The first kappa shape index (κ1) is 28.7. The second kappa shape index (κ2) is 13.2. The van der Waals surface area contributed by atoms with Gasteiger partial charge in [0, 0.05) is 37.3 Å². The average Bonchev–Trinajstić information content (AvgIpc) is 2.92. The second-order valence-corrected chi connectivity index (χ2v) is 11.7. The van der Waals surface area contributed by atoms with Gasteiger partial charge in [-0.05, 0) is 49.2 Å². The van der Waals surface area contributed by atoms with E-state index in [9.17, 15) is 0 Å². The average molecular weight is 566 g/mol. The van der Waals surface area contributed by atoms with Crippen LogP contribution in [0.2, 0.25) is 15.1 Å². The summed E-state index contributed by atoms with van der Waals surface area (Å²) in [6, 6.07) is 36.0. The fraction of sp³-hybridized carbons (Fsp3) is 0.294. The van der Waals surface area contributed by atoms with Gasteiger partial charge in [-0.3, -0.25) is 0 Å². The van der Waals surface area contributed by atoms with Crippen LogP contribution in [-0.2, 0) is 12.1 Å². The lowest BCUT2D eigenvalue weighted by Crippen LogP contribution is -2.61. The molecular formula is C34H37Cl3N+. The summed E-state index contributed by atoms with van der Waals surface area (Å²) in [6.07, 6.45) is 6.13. The topological polar surface area (TPSA) is 0 Å². The Hall–Kier alpha value is -2.29. The number of hydrogen-bond acceptors (Lipinski definition) is 0. The van der Waals surface area contributed by atoms with Crippen LogP contribution in [0.5, 0.6) is 0 Å². The van der Waals surface area contributed by atoms with Gasteiger partial charge < -0.3 is 4.48 Å². The summed E-state index contributed by atoms with van der Waals surface area (Å²) in [5.41, 5.74) is 4.36. The molecular weight excluding hydrogens is 529 g/mol. The third kappa shape index (κ3) is 6.29. The Labute approximate surface area is 243 Å². The molecule has 4 aromatic rings. The lowest BCUT2D eigenvalue weighted by molar-refractivity contribution is -0.967. The van der Waals surface area contributed by atoms with Gasteiger partial charge in [-0.2, -0.15) is 0 Å². The van der Waals surface area contributed by atoms with E-state index in [1.165, 1.54) is 47.9 Å². The van der Waals surface area contributed by atoms with Crippen LogP contribution in [0, 0.1) is 0 Å². The molecule has 0 aliphatic heterocycles. The zero-order chi connectivity index (χ0) is 27.0. The van der Waals surface area contributed by atoms with E-state index in [0.29, 0.717) is 0 Å². The van der Waals surface area contributed by atoms with Crippen molar-refractivity contribution in [2.24, 2.45) is 0 Å². The number of benzene rings is 4. The lowest BCUT2D eigenvalue weighted by atomic mass is 9.73. The molecule has 1 unspecified atom stereocenters. The fourth-order valence-electron chi connectivity index (χ4n) is 5.92. The first-order valence-corrected chi connectivity index (χ1v) is 14.7. The van der Waals surface area contributed by atoms with Crippen LogP contribution < -0.4 is 0 Å². The highest BCUT2D eigenvalue weighted by Crippen LogP contribution is 2.48. The summed E-state index contributed by atoms with van der Waals surface area (Å²) in [6.45, 7) is 4.14. The highest BCUT2D eigenvalue weighted by molar-refractivity contribution is 6.31. The molecule has 1 nitrogen and oxygen atoms in total. The molecule has 4 aromatic carbocycles. The smallest absolute Gasteiger partial charge is 0.176 e. The van der Waals surface area contributed by atoms with Gasteiger partial charge in [-0.15, -0.1) is 0 Å². The lowest BCUT2D eigenvalue weighted by Gasteiger charge is -2.52. The third-order valence-corrected chi connectivity index (χ3v) is 8.48. The standard InChI is InChI=1S/C34H37Cl3N/c1-3-4-5-6-10-25-38(2,26-27-11-8-7-9-12-27)34(28-13-19-31(35)20-14-28,29-15-21-32(36)22-16-29)30-17-23-33(37)24-18-30/h7-9,11-24H,3-6,10,25-26H2,1-2H3/q+1. The monoisotopic (exact) mass is 564 g/mol. The van der Waals surface area contributed by atoms with Crippen molar-refractivity contribution in [1.82, 2.24) is 0 Å². The molecule has 0 spiro atoms. The number of nitrogens with zero attached hydrogens (tertiary/aromatic N) is 1. The fourth-order valence-corrected chi connectivity index (χ4v) is 6.30. The first-order chi connectivity index (χ1) is 18.4. The predicted octanol–water partition coefficient (Wildman–Crippen LogP) is 10.6. The van der Waals surface area contributed by atoms with Gasteiger partial charge >= 0.3 is 0 Å². The maximum Gasteiger partial charge on any atom is 0.176 e. The molecule has 0 bridgehead atoms. The van der Waals surface area contributed by atoms with E-state index < -0.39 is 5.54 Å². The van der Waals surface area contributed by atoms with E-state index >= 15 is 0 Å². The summed E-state index contributed by atoms with van der Waals surface area (Å²) in [4.78, 5) is 0. The van der Waals surface area contributed by atoms with Gasteiger partial charge in [-0.1, -0.05) is 128 Å². The molecule has 4 rings (SSSR count). The Balaban J connectivity index is 2.00. The summed E-state index contributed by atoms with van der Waals surface area (Å²) >= 11 is 19.3. The molecule has 0 saturated carbocycles. The van der Waals surface area contributed by atoms with Gasteiger partial charge in [-0.25, -0.2) is 0 Å². The normalized spacial score (nSPS) is 13.3. The van der Waals surface area contributed by atoms with E-state index in [1.807, 2.05) is 36.4 Å². The van der Waals surface area contributed by atoms with Crippen LogP contribution in [0.1, 0.15) is 61.3 Å². The molecule has 0 radical (unpaired) electrons. The third-order valence-electron chi connectivity index (χ3n) is 7.73. The maximum absolute atomic E-state index is 6.43. The van der Waals surface area contributed by atoms with Crippen molar-refractivity contribution >= 4 is 34.8 Å². The largest absolute Gasteiger partial charge is 0.306 e. The van der Waals surface area contributed by atoms with Gasteiger partial charge in [0.25, 0.3) is 0 Å². The van der Waals surface area contributed by atoms with E-state index in [0.717, 1.165) is 39.1 Å². The highest BCUT2D eigenvalue weighted by Gasteiger charge is 2.52. The van der Waals surface area contributed by atoms with Gasteiger partial charge in [0.2, 0.25) is 0 Å². The van der Waals surface area contributed by atoms with Crippen LogP contribution in [0.15, 0.2) is 103 Å². The minimum absolute atomic E-state index is 0.527. The van der Waals surface area contributed by atoms with Crippen molar-refractivity contribution in [3.8, 4) is 0 Å². The molecule has 0 aliphatic rings. The molecule has 38 heavy (non-hydrogen) atoms. The minimum Gasteiger partial charge on any atom is -0.306 e. The minimum atomic E-state index is -0.527. The Morgan fingerprint density at radius 2 is 0.974 bits per heavy atom. The number of rotatable bonds is 12. The first-order valence-electron chi connectivity index (χ1n) is 13.6. The van der Waals surface area contributed by atoms with Crippen LogP contribution in [0.25, 0.3) is 0 Å². The molecule has 0 heterocycles. The number of hydrogen-bond donors (Lipinski definition) is 0. The maximum atomic E-state index is 6.43. The Bertz CT molecular complexity index is 1160. The van der Waals surface area contributed by atoms with Crippen molar-refractivity contribution in [3.05, 3.63) is 140 Å². The summed E-state index contributed by atoms with van der Waals surface area (Å²) in [5.74, 6) is 0. The molecule has 0 aromatic heterocycles. The molecule has 1 atom stereocenters. The van der Waals surface area contributed by atoms with Crippen LogP contribution in [0.3, 0.4) is 0 Å². The molecule has 0 N–H and O–H groups in total. The van der Waals surface area contributed by atoms with Crippen molar-refractivity contribution in [2.45, 2.75) is 51.1 Å². The molecule has 0 saturated heterocycles. The quantitative estimate of drug-likeness (QED) is 0.0910. The SMILES string of the molecule is CCCCCCC[N+](C)(Cc1ccccc1)C(c1ccc(Cl)cc1)(c1ccc(Cl)cc1)c1ccc(Cl)cc1. The zero-order valence-corrected chi connectivity index (χ0v) is 24.6. The van der Waals surface area contributed by atoms with E-state index in [2.05, 4.69) is 80.7 Å². The molecule has 0 amide bonds. The number of halogens is 3. The van der Waals surface area contributed by atoms with Gasteiger partial charge in [0.1, 0.15) is 6.54 Å². The van der Waals surface area contributed by atoms with E-state index in [-0.39, 0.29) is 0 Å². The molecule has 0 aliphatic carbocycles. The summed E-state index contributed by atoms with van der Waals surface area (Å²) in [5, 5.41) is 2.19. The number of unbranched alkanes of at least 4 members (excludes halogenated alkanes) is 4. The summed E-state index contributed by atoms with van der Waals surface area (Å²) in [7, 11) is 2.41. The Kier molecular flexibility index (Phi) is 9.96. The van der Waals surface area contributed by atoms with Crippen molar-refractivity contribution < 1.29 is 4.48 Å². The van der Waals surface area contributed by atoms with Gasteiger partial charge in [0.15, 0.2) is 5.54 Å². The van der Waals surface area contributed by atoms with Crippen LogP contribution >= 0.6 is 34.8 Å². The Morgan fingerprint density at radius 1 is 0.553 bits per heavy atom. The van der Waals surface area contributed by atoms with E-state index in [1.54, 1.807) is 0 Å². The van der Waals surface area contributed by atoms with Gasteiger partial charge in [0.05, 0.1) is 13.6 Å². The van der Waals surface area contributed by atoms with E-state index in [4.69, 9.17) is 34.8 Å².